The van der Waals surface area contributed by atoms with E-state index in [0.29, 0.717) is 5.69 Å². The first-order chi connectivity index (χ1) is 9.56. The van der Waals surface area contributed by atoms with Crippen LogP contribution in [-0.2, 0) is 4.74 Å². The first-order valence-electron chi connectivity index (χ1n) is 5.68. The Bertz CT molecular complexity index is 661. The fraction of sp³-hybridized carbons (Fsp3) is 0.231. The predicted octanol–water partition coefficient (Wildman–Crippen LogP) is 1.78. The number of aromatic nitrogens is 3. The topological polar surface area (TPSA) is 74.2 Å². The highest BCUT2D eigenvalue weighted by atomic mass is 19.1. The van der Waals surface area contributed by atoms with E-state index in [9.17, 15) is 9.18 Å². The Labute approximate surface area is 114 Å². The molecule has 2 rings (SSSR count). The van der Waals surface area contributed by atoms with Crippen LogP contribution in [0.1, 0.15) is 16.2 Å². The van der Waals surface area contributed by atoms with Crippen molar-refractivity contribution in [3.8, 4) is 17.1 Å². The van der Waals surface area contributed by atoms with Crippen LogP contribution in [0.2, 0.25) is 0 Å². The maximum Gasteiger partial charge on any atom is 0.358 e. The van der Waals surface area contributed by atoms with Gasteiger partial charge in [-0.15, -0.1) is 0 Å². The third-order valence-electron chi connectivity index (χ3n) is 2.64. The molecule has 2 aromatic rings. The molecule has 0 aromatic carbocycles. The number of hydrogen-bond acceptors (Lipinski definition) is 6. The summed E-state index contributed by atoms with van der Waals surface area (Å²) in [6.07, 6.45) is 2.34. The fourth-order valence-electron chi connectivity index (χ4n) is 1.64. The minimum Gasteiger partial charge on any atom is -0.481 e. The van der Waals surface area contributed by atoms with E-state index in [0.717, 1.165) is 6.20 Å². The third kappa shape index (κ3) is 2.56. The number of hydrogen-bond donors (Lipinski definition) is 0. The van der Waals surface area contributed by atoms with E-state index in [1.54, 1.807) is 6.92 Å². The Morgan fingerprint density at radius 2 is 2.00 bits per heavy atom. The van der Waals surface area contributed by atoms with Gasteiger partial charge in [0.25, 0.3) is 0 Å². The summed E-state index contributed by atoms with van der Waals surface area (Å²) in [5, 5.41) is 0. The predicted molar refractivity (Wildman–Crippen MR) is 67.8 cm³/mol. The van der Waals surface area contributed by atoms with Crippen molar-refractivity contribution in [2.45, 2.75) is 6.92 Å². The van der Waals surface area contributed by atoms with Gasteiger partial charge in [0.2, 0.25) is 5.88 Å². The van der Waals surface area contributed by atoms with Gasteiger partial charge in [0.05, 0.1) is 38.0 Å². The van der Waals surface area contributed by atoms with Gasteiger partial charge in [-0.2, -0.15) is 0 Å². The molecule has 0 unspecified atom stereocenters. The van der Waals surface area contributed by atoms with E-state index in [2.05, 4.69) is 19.7 Å². The number of nitrogens with zero attached hydrogens (tertiary/aromatic N) is 3. The molecule has 20 heavy (non-hydrogen) atoms. The van der Waals surface area contributed by atoms with Crippen LogP contribution in [0.5, 0.6) is 5.88 Å². The minimum atomic E-state index is -0.589. The van der Waals surface area contributed by atoms with Crippen LogP contribution in [0, 0.1) is 12.7 Å². The number of carbonyl (C=O) groups is 1. The smallest absolute Gasteiger partial charge is 0.358 e. The Kier molecular flexibility index (Phi) is 3.88. The number of carbonyl (C=O) groups excluding carboxylic acids is 1. The van der Waals surface area contributed by atoms with Crippen molar-refractivity contribution in [3.63, 3.8) is 0 Å². The highest BCUT2D eigenvalue weighted by molar-refractivity contribution is 5.88. The van der Waals surface area contributed by atoms with Crippen molar-refractivity contribution in [1.29, 1.82) is 0 Å². The Balaban J connectivity index is 2.49. The van der Waals surface area contributed by atoms with Gasteiger partial charge in [0.15, 0.2) is 11.5 Å². The lowest BCUT2D eigenvalue weighted by Gasteiger charge is -2.07. The molecule has 0 aliphatic rings. The lowest BCUT2D eigenvalue weighted by Crippen LogP contribution is -2.09. The van der Waals surface area contributed by atoms with Crippen molar-refractivity contribution < 1.29 is 18.7 Å². The van der Waals surface area contributed by atoms with Crippen LogP contribution in [-0.4, -0.2) is 35.1 Å². The van der Waals surface area contributed by atoms with Gasteiger partial charge in [0.1, 0.15) is 0 Å². The fourth-order valence-corrected chi connectivity index (χ4v) is 1.64. The van der Waals surface area contributed by atoms with Gasteiger partial charge in [0, 0.05) is 11.6 Å². The zero-order valence-electron chi connectivity index (χ0n) is 11.2. The summed E-state index contributed by atoms with van der Waals surface area (Å²) in [4.78, 5) is 23.3. The average Bonchev–Trinajstić information content (AvgIpc) is 2.47. The average molecular weight is 277 g/mol. The first kappa shape index (κ1) is 13.9. The summed E-state index contributed by atoms with van der Waals surface area (Å²) in [5.41, 5.74) is 0.930. The summed E-state index contributed by atoms with van der Waals surface area (Å²) in [5.74, 6) is -0.877. The summed E-state index contributed by atoms with van der Waals surface area (Å²) >= 11 is 0. The van der Waals surface area contributed by atoms with E-state index in [1.807, 2.05) is 0 Å². The number of rotatable bonds is 3. The van der Waals surface area contributed by atoms with Crippen molar-refractivity contribution in [2.75, 3.05) is 14.2 Å². The monoisotopic (exact) mass is 277 g/mol. The largest absolute Gasteiger partial charge is 0.481 e. The second-order valence-corrected chi connectivity index (χ2v) is 3.89. The molecular formula is C13H12FN3O3. The van der Waals surface area contributed by atoms with Crippen LogP contribution in [0.3, 0.4) is 0 Å². The van der Waals surface area contributed by atoms with E-state index < -0.39 is 11.8 Å². The summed E-state index contributed by atoms with van der Waals surface area (Å²) in [7, 11) is 2.69. The van der Waals surface area contributed by atoms with E-state index in [-0.39, 0.29) is 22.8 Å². The molecule has 0 radical (unpaired) electrons. The SMILES string of the molecule is COC(=O)c1ncc(-c2cc(OC)ncc2F)nc1C. The lowest BCUT2D eigenvalue weighted by molar-refractivity contribution is 0.0592. The Hall–Kier alpha value is -2.57. The van der Waals surface area contributed by atoms with Crippen LogP contribution in [0.15, 0.2) is 18.5 Å². The maximum absolute atomic E-state index is 13.8. The summed E-state index contributed by atoms with van der Waals surface area (Å²) < 4.78 is 23.3. The lowest BCUT2D eigenvalue weighted by atomic mass is 10.2. The Morgan fingerprint density at radius 3 is 2.60 bits per heavy atom. The second-order valence-electron chi connectivity index (χ2n) is 3.89. The van der Waals surface area contributed by atoms with E-state index >= 15 is 0 Å². The molecule has 0 aliphatic carbocycles. The molecule has 0 saturated carbocycles. The number of halogens is 1. The van der Waals surface area contributed by atoms with Crippen LogP contribution in [0.4, 0.5) is 4.39 Å². The molecule has 104 valence electrons. The highest BCUT2D eigenvalue weighted by Crippen LogP contribution is 2.24. The molecule has 0 N–H and O–H groups in total. The van der Waals surface area contributed by atoms with E-state index in [1.165, 1.54) is 26.5 Å². The van der Waals surface area contributed by atoms with E-state index in [4.69, 9.17) is 4.74 Å². The van der Waals surface area contributed by atoms with Crippen LogP contribution >= 0.6 is 0 Å². The maximum atomic E-state index is 13.8. The summed E-state index contributed by atoms with van der Waals surface area (Å²) in [6.45, 7) is 1.60. The van der Waals surface area contributed by atoms with Crippen LogP contribution in [0.25, 0.3) is 11.3 Å². The van der Waals surface area contributed by atoms with Gasteiger partial charge in [-0.05, 0) is 6.92 Å². The number of pyridine rings is 1. The molecule has 7 heteroatoms. The molecule has 0 atom stereocenters. The normalized spacial score (nSPS) is 10.2. The summed E-state index contributed by atoms with van der Waals surface area (Å²) in [6, 6.07) is 1.41. The highest BCUT2D eigenvalue weighted by Gasteiger charge is 2.15. The zero-order valence-corrected chi connectivity index (χ0v) is 11.2. The zero-order chi connectivity index (χ0) is 14.7. The van der Waals surface area contributed by atoms with Gasteiger partial charge in [-0.25, -0.2) is 24.1 Å². The number of methoxy groups -OCH3 is 2. The minimum absolute atomic E-state index is 0.0951. The van der Waals surface area contributed by atoms with Crippen molar-refractivity contribution in [2.24, 2.45) is 0 Å². The van der Waals surface area contributed by atoms with Gasteiger partial charge < -0.3 is 9.47 Å². The quantitative estimate of drug-likeness (QED) is 0.796. The standard InChI is InChI=1S/C13H12FN3O3/c1-7-12(13(18)20-3)16-6-10(17-7)8-4-11(19-2)15-5-9(8)14/h4-6H,1-3H3. The number of esters is 1. The molecule has 0 aliphatic heterocycles. The Morgan fingerprint density at radius 1 is 1.25 bits per heavy atom. The second kappa shape index (κ2) is 5.60. The molecule has 2 aromatic heterocycles. The third-order valence-corrected chi connectivity index (χ3v) is 2.64. The molecule has 0 saturated heterocycles. The van der Waals surface area contributed by atoms with Crippen molar-refractivity contribution in [1.82, 2.24) is 15.0 Å². The van der Waals surface area contributed by atoms with Crippen molar-refractivity contribution >= 4 is 5.97 Å². The molecule has 0 amide bonds. The molecule has 6 nitrogen and oxygen atoms in total. The number of ether oxygens (including phenoxy) is 2. The molecular weight excluding hydrogens is 265 g/mol. The molecule has 0 spiro atoms. The molecule has 0 fully saturated rings. The van der Waals surface area contributed by atoms with Crippen molar-refractivity contribution in [3.05, 3.63) is 35.7 Å². The van der Waals surface area contributed by atoms with Gasteiger partial charge in [-0.3, -0.25) is 0 Å². The number of aryl methyl sites for hydroxylation is 1. The van der Waals surface area contributed by atoms with Gasteiger partial charge in [-0.1, -0.05) is 0 Å². The van der Waals surface area contributed by atoms with Gasteiger partial charge >= 0.3 is 5.97 Å². The first-order valence-corrected chi connectivity index (χ1v) is 5.68. The van der Waals surface area contributed by atoms with Crippen LogP contribution < -0.4 is 4.74 Å². The molecule has 2 heterocycles. The molecule has 0 bridgehead atoms.